The Balaban J connectivity index is 2.06. The van der Waals surface area contributed by atoms with E-state index in [-0.39, 0.29) is 0 Å². The molecule has 3 N–H and O–H groups in total. The molecule has 0 saturated heterocycles. The molecule has 0 aliphatic rings. The van der Waals surface area contributed by atoms with Crippen molar-refractivity contribution in [1.29, 1.82) is 5.26 Å². The lowest BCUT2D eigenvalue weighted by atomic mass is 10.1. The van der Waals surface area contributed by atoms with Gasteiger partial charge in [0.2, 0.25) is 0 Å². The number of nitrogens with two attached hydrogens (primary N) is 1. The van der Waals surface area contributed by atoms with Gasteiger partial charge >= 0.3 is 0 Å². The highest BCUT2D eigenvalue weighted by molar-refractivity contribution is 9.10. The van der Waals surface area contributed by atoms with Gasteiger partial charge in [-0.05, 0) is 35.9 Å². The van der Waals surface area contributed by atoms with E-state index in [2.05, 4.69) is 27.3 Å². The van der Waals surface area contributed by atoms with E-state index in [1.54, 1.807) is 12.1 Å². The Morgan fingerprint density at radius 1 is 1.17 bits per heavy atom. The lowest BCUT2D eigenvalue weighted by Gasteiger charge is -2.08. The summed E-state index contributed by atoms with van der Waals surface area (Å²) >= 11 is 3.40. The number of nitriles is 1. The Kier molecular flexibility index (Phi) is 3.85. The van der Waals surface area contributed by atoms with Gasteiger partial charge in [-0.25, -0.2) is 0 Å². The predicted octanol–water partition coefficient (Wildman–Crippen LogP) is 3.52. The summed E-state index contributed by atoms with van der Waals surface area (Å²) in [7, 11) is 0. The average Bonchev–Trinajstić information content (AvgIpc) is 2.39. The van der Waals surface area contributed by atoms with E-state index in [1.807, 2.05) is 30.3 Å². The average molecular weight is 302 g/mol. The molecule has 0 heterocycles. The van der Waals surface area contributed by atoms with Gasteiger partial charge in [-0.3, -0.25) is 0 Å². The summed E-state index contributed by atoms with van der Waals surface area (Å²) in [6.45, 7) is 0.710. The van der Waals surface area contributed by atoms with Crippen molar-refractivity contribution in [3.63, 3.8) is 0 Å². The second kappa shape index (κ2) is 5.56. The molecule has 18 heavy (non-hydrogen) atoms. The molecule has 0 amide bonds. The van der Waals surface area contributed by atoms with Crippen LogP contribution in [0.5, 0.6) is 0 Å². The first-order valence-electron chi connectivity index (χ1n) is 5.47. The smallest absolute Gasteiger partial charge is 0.101 e. The number of nitrogens with zero attached hydrogens (tertiary/aromatic N) is 1. The maximum atomic E-state index is 8.90. The third-order valence-electron chi connectivity index (χ3n) is 2.58. The van der Waals surface area contributed by atoms with Crippen molar-refractivity contribution in [2.24, 2.45) is 0 Å². The molecule has 0 radical (unpaired) electrons. The van der Waals surface area contributed by atoms with Crippen LogP contribution in [0, 0.1) is 11.3 Å². The van der Waals surface area contributed by atoms with Gasteiger partial charge in [0.05, 0.1) is 5.56 Å². The summed E-state index contributed by atoms with van der Waals surface area (Å²) in [6, 6.07) is 15.5. The standard InChI is InChI=1S/C14H12BrN3/c15-12-3-1-10(2-4-12)9-18-13-5-6-14(17)11(7-13)8-16/h1-7,18H,9,17H2. The zero-order chi connectivity index (χ0) is 13.0. The number of nitrogen functional groups attached to an aromatic ring is 1. The number of hydrogen-bond acceptors (Lipinski definition) is 3. The van der Waals surface area contributed by atoms with Gasteiger partial charge in [0.15, 0.2) is 0 Å². The molecule has 0 aliphatic heterocycles. The molecule has 3 nitrogen and oxygen atoms in total. The highest BCUT2D eigenvalue weighted by atomic mass is 79.9. The van der Waals surface area contributed by atoms with E-state index in [1.165, 1.54) is 5.56 Å². The van der Waals surface area contributed by atoms with Gasteiger partial charge in [-0.2, -0.15) is 5.26 Å². The van der Waals surface area contributed by atoms with Crippen molar-refractivity contribution < 1.29 is 0 Å². The first-order valence-corrected chi connectivity index (χ1v) is 6.26. The minimum atomic E-state index is 0.496. The molecule has 0 aromatic heterocycles. The molecular weight excluding hydrogens is 290 g/mol. The van der Waals surface area contributed by atoms with Gasteiger partial charge in [0, 0.05) is 22.4 Å². The normalized spacial score (nSPS) is 9.78. The fourth-order valence-corrected chi connectivity index (χ4v) is 1.83. The third kappa shape index (κ3) is 3.02. The van der Waals surface area contributed by atoms with Gasteiger partial charge in [-0.15, -0.1) is 0 Å². The summed E-state index contributed by atoms with van der Waals surface area (Å²) < 4.78 is 1.06. The molecule has 0 atom stereocenters. The largest absolute Gasteiger partial charge is 0.398 e. The number of nitrogens with one attached hydrogen (secondary N) is 1. The van der Waals surface area contributed by atoms with Crippen molar-refractivity contribution >= 4 is 27.3 Å². The molecule has 2 aromatic carbocycles. The topological polar surface area (TPSA) is 61.8 Å². The van der Waals surface area contributed by atoms with Crippen LogP contribution in [0.1, 0.15) is 11.1 Å². The molecule has 0 saturated carbocycles. The van der Waals surface area contributed by atoms with Crippen LogP contribution in [-0.4, -0.2) is 0 Å². The lowest BCUT2D eigenvalue weighted by Crippen LogP contribution is -2.00. The van der Waals surface area contributed by atoms with Crippen LogP contribution in [0.25, 0.3) is 0 Å². The number of anilines is 2. The van der Waals surface area contributed by atoms with E-state index in [0.717, 1.165) is 10.2 Å². The van der Waals surface area contributed by atoms with Crippen LogP contribution in [-0.2, 0) is 6.54 Å². The monoisotopic (exact) mass is 301 g/mol. The molecule has 0 unspecified atom stereocenters. The quantitative estimate of drug-likeness (QED) is 0.853. The van der Waals surface area contributed by atoms with E-state index >= 15 is 0 Å². The predicted molar refractivity (Wildman–Crippen MR) is 77.0 cm³/mol. The van der Waals surface area contributed by atoms with Crippen LogP contribution in [0.2, 0.25) is 0 Å². The summed E-state index contributed by atoms with van der Waals surface area (Å²) in [5.41, 5.74) is 8.74. The number of rotatable bonds is 3. The molecule has 0 fully saturated rings. The number of halogens is 1. The van der Waals surface area contributed by atoms with Crippen LogP contribution < -0.4 is 11.1 Å². The minimum Gasteiger partial charge on any atom is -0.398 e. The van der Waals surface area contributed by atoms with Crippen LogP contribution in [0.4, 0.5) is 11.4 Å². The zero-order valence-electron chi connectivity index (χ0n) is 9.65. The van der Waals surface area contributed by atoms with Gasteiger partial charge in [-0.1, -0.05) is 28.1 Å². The Morgan fingerprint density at radius 2 is 1.89 bits per heavy atom. The number of hydrogen-bond donors (Lipinski definition) is 2. The fraction of sp³-hybridized carbons (Fsp3) is 0.0714. The van der Waals surface area contributed by atoms with Gasteiger partial charge in [0.25, 0.3) is 0 Å². The third-order valence-corrected chi connectivity index (χ3v) is 3.11. The Labute approximate surface area is 114 Å². The molecule has 2 rings (SSSR count). The van der Waals surface area contributed by atoms with Crippen LogP contribution in [0.3, 0.4) is 0 Å². The SMILES string of the molecule is N#Cc1cc(NCc2ccc(Br)cc2)ccc1N. The Morgan fingerprint density at radius 3 is 2.56 bits per heavy atom. The minimum absolute atomic E-state index is 0.496. The van der Waals surface area contributed by atoms with Crippen molar-refractivity contribution in [3.05, 3.63) is 58.1 Å². The lowest BCUT2D eigenvalue weighted by molar-refractivity contribution is 1.15. The first-order chi connectivity index (χ1) is 8.69. The van der Waals surface area contributed by atoms with E-state index in [9.17, 15) is 0 Å². The molecule has 0 bridgehead atoms. The zero-order valence-corrected chi connectivity index (χ0v) is 11.2. The van der Waals surface area contributed by atoms with Crippen molar-refractivity contribution in [3.8, 4) is 6.07 Å². The highest BCUT2D eigenvalue weighted by Gasteiger charge is 2.00. The first kappa shape index (κ1) is 12.5. The second-order valence-corrected chi connectivity index (χ2v) is 4.81. The van der Waals surface area contributed by atoms with Crippen LogP contribution >= 0.6 is 15.9 Å². The van der Waals surface area contributed by atoms with Gasteiger partial charge < -0.3 is 11.1 Å². The summed E-state index contributed by atoms with van der Waals surface area (Å²) in [5, 5.41) is 12.2. The van der Waals surface area contributed by atoms with E-state index < -0.39 is 0 Å². The maximum absolute atomic E-state index is 8.90. The number of benzene rings is 2. The molecule has 2 aromatic rings. The van der Waals surface area contributed by atoms with E-state index in [4.69, 9.17) is 11.0 Å². The Hall–Kier alpha value is -1.99. The molecule has 4 heteroatoms. The second-order valence-electron chi connectivity index (χ2n) is 3.89. The van der Waals surface area contributed by atoms with Gasteiger partial charge in [0.1, 0.15) is 6.07 Å². The van der Waals surface area contributed by atoms with E-state index in [0.29, 0.717) is 17.8 Å². The maximum Gasteiger partial charge on any atom is 0.101 e. The molecule has 0 aliphatic carbocycles. The highest BCUT2D eigenvalue weighted by Crippen LogP contribution is 2.18. The van der Waals surface area contributed by atoms with Crippen molar-refractivity contribution in [2.45, 2.75) is 6.54 Å². The molecular formula is C14H12BrN3. The summed E-state index contributed by atoms with van der Waals surface area (Å²) in [5.74, 6) is 0. The Bertz CT molecular complexity index is 585. The summed E-state index contributed by atoms with van der Waals surface area (Å²) in [6.07, 6.45) is 0. The van der Waals surface area contributed by atoms with Crippen molar-refractivity contribution in [2.75, 3.05) is 11.1 Å². The molecule has 0 spiro atoms. The van der Waals surface area contributed by atoms with Crippen molar-refractivity contribution in [1.82, 2.24) is 0 Å². The van der Waals surface area contributed by atoms with Crippen LogP contribution in [0.15, 0.2) is 46.9 Å². The summed E-state index contributed by atoms with van der Waals surface area (Å²) in [4.78, 5) is 0. The molecule has 90 valence electrons. The fourth-order valence-electron chi connectivity index (χ4n) is 1.57.